The van der Waals surface area contributed by atoms with Gasteiger partial charge < -0.3 is 10.1 Å². The van der Waals surface area contributed by atoms with E-state index in [0.29, 0.717) is 11.8 Å². The molecule has 0 bridgehead atoms. The Hall–Kier alpha value is -2.63. The molecule has 0 radical (unpaired) electrons. The van der Waals surface area contributed by atoms with Gasteiger partial charge in [0.25, 0.3) is 5.69 Å². The second-order valence-corrected chi connectivity index (χ2v) is 17.0. The molecule has 0 aliphatic heterocycles. The molecule has 0 spiro atoms. The molecule has 226 valence electrons. The molecule has 3 fully saturated rings. The molecule has 0 amide bonds. The highest BCUT2D eigenvalue weighted by Gasteiger charge is 2.69. The molecule has 0 unspecified atom stereocenters. The number of H-pyrrole nitrogens is 1. The van der Waals surface area contributed by atoms with Crippen LogP contribution in [0.4, 0.5) is 5.69 Å². The lowest BCUT2D eigenvalue weighted by Gasteiger charge is -2.70. The fraction of sp³-hybridized carbons (Fsp3) is 0.694. The summed E-state index contributed by atoms with van der Waals surface area (Å²) in [5.41, 5.74) is 4.67. The van der Waals surface area contributed by atoms with E-state index in [0.717, 1.165) is 68.7 Å². The van der Waals surface area contributed by atoms with Gasteiger partial charge in [0.15, 0.2) is 0 Å². The number of aromatic nitrogens is 1. The Morgan fingerprint density at radius 2 is 1.71 bits per heavy atom. The zero-order valence-corrected chi connectivity index (χ0v) is 26.5. The Bertz CT molecular complexity index is 1570. The van der Waals surface area contributed by atoms with Crippen LogP contribution in [-0.2, 0) is 16.6 Å². The first kappa shape index (κ1) is 28.2. The molecule has 5 aliphatic rings. The van der Waals surface area contributed by atoms with Crippen molar-refractivity contribution >= 4 is 22.6 Å². The van der Waals surface area contributed by atoms with Gasteiger partial charge in [-0.25, -0.2) is 0 Å². The largest absolute Gasteiger partial charge is 0.481 e. The van der Waals surface area contributed by atoms with Crippen LogP contribution in [0, 0.1) is 54.9 Å². The monoisotopic (exact) mass is 572 g/mol. The number of aliphatic carboxylic acids is 1. The van der Waals surface area contributed by atoms with Crippen LogP contribution < -0.4 is 0 Å². The number of non-ortho nitro benzene ring substituents is 1. The lowest BCUT2D eigenvalue weighted by atomic mass is 9.33. The van der Waals surface area contributed by atoms with Crippen molar-refractivity contribution in [1.82, 2.24) is 4.98 Å². The second-order valence-electron chi connectivity index (χ2n) is 17.0. The number of nitro benzene ring substituents is 1. The molecule has 7 atom stereocenters. The van der Waals surface area contributed by atoms with Crippen molar-refractivity contribution in [3.8, 4) is 0 Å². The van der Waals surface area contributed by atoms with Crippen LogP contribution >= 0.6 is 0 Å². The number of carbonyl (C=O) groups is 1. The maximum absolute atomic E-state index is 13.0. The predicted molar refractivity (Wildman–Crippen MR) is 165 cm³/mol. The van der Waals surface area contributed by atoms with E-state index in [-0.39, 0.29) is 43.6 Å². The Labute approximate surface area is 249 Å². The lowest BCUT2D eigenvalue weighted by molar-refractivity contribution is -0.384. The first-order valence-electron chi connectivity index (χ1n) is 16.2. The second kappa shape index (κ2) is 8.30. The molecule has 6 heteroatoms. The molecule has 5 aliphatic carbocycles. The van der Waals surface area contributed by atoms with Gasteiger partial charge in [0, 0.05) is 34.1 Å². The summed E-state index contributed by atoms with van der Waals surface area (Å²) in [6.45, 7) is 17.0. The third-order valence-corrected chi connectivity index (χ3v) is 14.5. The SMILES string of the molecule is CC1(C)CC[C@]2(C(=O)O)CC[C@]3(C)C(=CC[C@@H]4[C@@]5(C)Cc6c([nH]c7ccc([N+](=O)[O-])cc67)C(C)(C)[C@@H]5CC[C@]43C)[C@@H]2C1. The highest BCUT2D eigenvalue weighted by molar-refractivity contribution is 5.87. The van der Waals surface area contributed by atoms with E-state index in [1.165, 1.54) is 16.8 Å². The summed E-state index contributed by atoms with van der Waals surface area (Å²) in [7, 11) is 0. The van der Waals surface area contributed by atoms with Crippen molar-refractivity contribution in [2.75, 3.05) is 0 Å². The Balaban J connectivity index is 1.36. The standard InChI is InChI=1S/C36H48N2O4/c1-31(2)14-16-36(30(39)40)17-15-34(6)24(25(36)20-31)9-11-28-33(5)19-23-22-18-21(38(41)42)8-10-26(22)37-29(23)32(3,4)27(33)12-13-35(28,34)7/h8-10,18,25,27-28,37H,11-17,19-20H2,1-7H3,(H,39,40)/t25-,27-,28+,33-,34+,35+,36-/m0/s1. The van der Waals surface area contributed by atoms with Gasteiger partial charge in [0.05, 0.1) is 10.3 Å². The van der Waals surface area contributed by atoms with Crippen LogP contribution in [0.15, 0.2) is 29.8 Å². The summed E-state index contributed by atoms with van der Waals surface area (Å²) in [5.74, 6) is 0.489. The van der Waals surface area contributed by atoms with Crippen LogP contribution in [0.1, 0.15) is 111 Å². The van der Waals surface area contributed by atoms with Crippen LogP contribution in [0.25, 0.3) is 10.9 Å². The average molecular weight is 573 g/mol. The number of carboxylic acids is 1. The number of rotatable bonds is 2. The fourth-order valence-corrected chi connectivity index (χ4v) is 12.1. The number of allylic oxidation sites excluding steroid dienone is 2. The predicted octanol–water partition coefficient (Wildman–Crippen LogP) is 8.98. The van der Waals surface area contributed by atoms with Crippen molar-refractivity contribution in [1.29, 1.82) is 0 Å². The maximum Gasteiger partial charge on any atom is 0.310 e. The van der Waals surface area contributed by atoms with Gasteiger partial charge in [-0.05, 0) is 109 Å². The number of benzene rings is 1. The average Bonchev–Trinajstić information content (AvgIpc) is 3.26. The summed E-state index contributed by atoms with van der Waals surface area (Å²) in [5, 5.41) is 23.4. The molecule has 6 nitrogen and oxygen atoms in total. The molecule has 3 saturated carbocycles. The summed E-state index contributed by atoms with van der Waals surface area (Å²) in [6.07, 6.45) is 11.2. The van der Waals surface area contributed by atoms with Crippen LogP contribution in [-0.4, -0.2) is 21.0 Å². The van der Waals surface area contributed by atoms with Gasteiger partial charge in [-0.2, -0.15) is 0 Å². The minimum atomic E-state index is -0.619. The van der Waals surface area contributed by atoms with E-state index in [4.69, 9.17) is 0 Å². The Morgan fingerprint density at radius 3 is 2.40 bits per heavy atom. The number of nitro groups is 1. The van der Waals surface area contributed by atoms with Crippen LogP contribution in [0.2, 0.25) is 0 Å². The van der Waals surface area contributed by atoms with Gasteiger partial charge in [-0.3, -0.25) is 14.9 Å². The molecule has 1 heterocycles. The Kier molecular flexibility index (Phi) is 5.56. The number of carboxylic acid groups (broad SMARTS) is 1. The van der Waals surface area contributed by atoms with E-state index >= 15 is 0 Å². The zero-order valence-electron chi connectivity index (χ0n) is 26.5. The van der Waals surface area contributed by atoms with Gasteiger partial charge >= 0.3 is 5.97 Å². The van der Waals surface area contributed by atoms with Gasteiger partial charge in [0.1, 0.15) is 0 Å². The van der Waals surface area contributed by atoms with Crippen LogP contribution in [0.3, 0.4) is 0 Å². The summed E-state index contributed by atoms with van der Waals surface area (Å²) < 4.78 is 0. The number of hydrogen-bond acceptors (Lipinski definition) is 3. The third-order valence-electron chi connectivity index (χ3n) is 14.5. The number of aromatic amines is 1. The molecule has 2 aromatic rings. The van der Waals surface area contributed by atoms with Crippen molar-refractivity contribution in [2.45, 2.75) is 112 Å². The van der Waals surface area contributed by atoms with Gasteiger partial charge in [-0.15, -0.1) is 0 Å². The fourth-order valence-electron chi connectivity index (χ4n) is 12.1. The smallest absolute Gasteiger partial charge is 0.310 e. The van der Waals surface area contributed by atoms with Crippen LogP contribution in [0.5, 0.6) is 0 Å². The third kappa shape index (κ3) is 3.30. The van der Waals surface area contributed by atoms with E-state index in [9.17, 15) is 20.0 Å². The minimum absolute atomic E-state index is 0.0235. The van der Waals surface area contributed by atoms with E-state index in [1.54, 1.807) is 12.1 Å². The first-order chi connectivity index (χ1) is 19.5. The summed E-state index contributed by atoms with van der Waals surface area (Å²) in [6, 6.07) is 5.28. The molecule has 2 N–H and O–H groups in total. The quantitative estimate of drug-likeness (QED) is 0.213. The van der Waals surface area contributed by atoms with E-state index in [2.05, 4.69) is 59.5 Å². The summed E-state index contributed by atoms with van der Waals surface area (Å²) >= 11 is 0. The highest BCUT2D eigenvalue weighted by atomic mass is 16.6. The lowest BCUT2D eigenvalue weighted by Crippen LogP contribution is -2.64. The topological polar surface area (TPSA) is 96.2 Å². The molecule has 1 aromatic carbocycles. The normalized spacial score (nSPS) is 41.4. The van der Waals surface area contributed by atoms with Crippen molar-refractivity contribution in [3.05, 3.63) is 51.2 Å². The first-order valence-corrected chi connectivity index (χ1v) is 16.2. The van der Waals surface area contributed by atoms with Gasteiger partial charge in [0.2, 0.25) is 0 Å². The maximum atomic E-state index is 13.0. The molecule has 42 heavy (non-hydrogen) atoms. The molecule has 1 aromatic heterocycles. The number of hydrogen-bond donors (Lipinski definition) is 2. The van der Waals surface area contributed by atoms with Crippen molar-refractivity contribution in [2.24, 2.45) is 44.8 Å². The van der Waals surface area contributed by atoms with Crippen molar-refractivity contribution in [3.63, 3.8) is 0 Å². The van der Waals surface area contributed by atoms with Crippen molar-refractivity contribution < 1.29 is 14.8 Å². The Morgan fingerprint density at radius 1 is 1.00 bits per heavy atom. The number of fused-ring (bicyclic) bond motifs is 10. The molecular weight excluding hydrogens is 524 g/mol. The van der Waals surface area contributed by atoms with Gasteiger partial charge in [-0.1, -0.05) is 60.1 Å². The minimum Gasteiger partial charge on any atom is -0.481 e. The summed E-state index contributed by atoms with van der Waals surface area (Å²) in [4.78, 5) is 28.1. The van der Waals surface area contributed by atoms with E-state index in [1.807, 2.05) is 6.07 Å². The zero-order chi connectivity index (χ0) is 30.3. The van der Waals surface area contributed by atoms with E-state index < -0.39 is 11.4 Å². The highest BCUT2D eigenvalue weighted by Crippen LogP contribution is 2.75. The molecule has 7 rings (SSSR count). The molecule has 0 saturated heterocycles. The molecular formula is C36H48N2O4. The number of nitrogens with zero attached hydrogens (tertiary/aromatic N) is 1. The number of nitrogens with one attached hydrogen (secondary N) is 1.